The van der Waals surface area contributed by atoms with Crippen LogP contribution in [0.2, 0.25) is 0 Å². The number of carbonyl (C=O) groups is 3. The molecule has 0 radical (unpaired) electrons. The fourth-order valence-electron chi connectivity index (χ4n) is 3.19. The third kappa shape index (κ3) is 3.79. The zero-order valence-electron chi connectivity index (χ0n) is 14.0. The Kier molecular flexibility index (Phi) is 4.71. The summed E-state index contributed by atoms with van der Waals surface area (Å²) in [5, 5.41) is 2.49. The van der Waals surface area contributed by atoms with Gasteiger partial charge in [0.05, 0.1) is 19.6 Å². The van der Waals surface area contributed by atoms with Crippen LogP contribution in [0.15, 0.2) is 24.3 Å². The summed E-state index contributed by atoms with van der Waals surface area (Å²) in [6.07, 6.45) is 0.601. The van der Waals surface area contributed by atoms with Crippen molar-refractivity contribution in [1.29, 1.82) is 0 Å². The van der Waals surface area contributed by atoms with Crippen molar-refractivity contribution < 1.29 is 23.5 Å². The number of halogens is 1. The molecule has 2 saturated heterocycles. The van der Waals surface area contributed by atoms with Crippen LogP contribution in [0.4, 0.5) is 10.1 Å². The summed E-state index contributed by atoms with van der Waals surface area (Å²) < 4.78 is 18.9. The number of rotatable bonds is 3. The largest absolute Gasteiger partial charge is 0.361 e. The van der Waals surface area contributed by atoms with Gasteiger partial charge in [-0.1, -0.05) is 0 Å². The van der Waals surface area contributed by atoms with Gasteiger partial charge in [-0.05, 0) is 30.7 Å². The quantitative estimate of drug-likeness (QED) is 0.851. The first-order valence-corrected chi connectivity index (χ1v) is 8.11. The number of nitrogens with one attached hydrogen (secondary N) is 1. The second kappa shape index (κ2) is 6.79. The van der Waals surface area contributed by atoms with Crippen LogP contribution in [0, 0.1) is 5.82 Å². The minimum Gasteiger partial charge on any atom is -0.361 e. The Bertz CT molecular complexity index is 694. The normalized spacial score (nSPS) is 23.2. The number of nitrogens with zero attached hydrogens (tertiary/aromatic N) is 2. The van der Waals surface area contributed by atoms with Gasteiger partial charge >= 0.3 is 0 Å². The lowest BCUT2D eigenvalue weighted by atomic mass is 10.00. The van der Waals surface area contributed by atoms with Gasteiger partial charge in [0.25, 0.3) is 5.91 Å². The monoisotopic (exact) mass is 349 g/mol. The van der Waals surface area contributed by atoms with Crippen molar-refractivity contribution in [2.75, 3.05) is 37.7 Å². The van der Waals surface area contributed by atoms with E-state index in [2.05, 4.69) is 5.32 Å². The highest BCUT2D eigenvalue weighted by atomic mass is 19.1. The molecule has 134 valence electrons. The van der Waals surface area contributed by atoms with Crippen LogP contribution in [-0.4, -0.2) is 61.0 Å². The van der Waals surface area contributed by atoms with Crippen LogP contribution in [0.3, 0.4) is 0 Å². The molecule has 1 aromatic carbocycles. The fourth-order valence-corrected chi connectivity index (χ4v) is 3.19. The van der Waals surface area contributed by atoms with Crippen molar-refractivity contribution >= 4 is 23.4 Å². The number of amides is 3. The van der Waals surface area contributed by atoms with Gasteiger partial charge in [-0.15, -0.1) is 0 Å². The third-order valence-electron chi connectivity index (χ3n) is 4.55. The van der Waals surface area contributed by atoms with Gasteiger partial charge in [0.1, 0.15) is 18.0 Å². The van der Waals surface area contributed by atoms with E-state index in [0.717, 1.165) is 0 Å². The maximum atomic E-state index is 13.1. The van der Waals surface area contributed by atoms with Crippen LogP contribution in [-0.2, 0) is 19.1 Å². The molecule has 0 aliphatic carbocycles. The highest BCUT2D eigenvalue weighted by Crippen LogP contribution is 2.32. The van der Waals surface area contributed by atoms with Gasteiger partial charge in [-0.2, -0.15) is 0 Å². The molecule has 0 aromatic heterocycles. The van der Waals surface area contributed by atoms with E-state index in [1.54, 1.807) is 21.9 Å². The van der Waals surface area contributed by atoms with Gasteiger partial charge < -0.3 is 19.9 Å². The molecule has 3 rings (SSSR count). The van der Waals surface area contributed by atoms with Crippen LogP contribution >= 0.6 is 0 Å². The minimum absolute atomic E-state index is 0.0496. The lowest BCUT2D eigenvalue weighted by molar-refractivity contribution is -0.139. The molecule has 0 bridgehead atoms. The molecule has 0 saturated carbocycles. The molecule has 1 unspecified atom stereocenters. The summed E-state index contributed by atoms with van der Waals surface area (Å²) in [4.78, 5) is 38.5. The van der Waals surface area contributed by atoms with Gasteiger partial charge in [-0.25, -0.2) is 4.39 Å². The molecular weight excluding hydrogens is 329 g/mol. The molecule has 1 aromatic rings. The van der Waals surface area contributed by atoms with E-state index in [9.17, 15) is 18.8 Å². The summed E-state index contributed by atoms with van der Waals surface area (Å²) in [5.74, 6) is -1.000. The van der Waals surface area contributed by atoms with Crippen LogP contribution in [0.5, 0.6) is 0 Å². The van der Waals surface area contributed by atoms with E-state index in [4.69, 9.17) is 4.74 Å². The predicted octanol–water partition coefficient (Wildman–Crippen LogP) is 0.296. The fraction of sp³-hybridized carbons (Fsp3) is 0.471. The number of hydrogen-bond acceptors (Lipinski definition) is 4. The lowest BCUT2D eigenvalue weighted by Gasteiger charge is -2.40. The lowest BCUT2D eigenvalue weighted by Crippen LogP contribution is -2.56. The molecule has 1 spiro atoms. The van der Waals surface area contributed by atoms with Gasteiger partial charge in [-0.3, -0.25) is 14.4 Å². The number of carbonyl (C=O) groups excluding carboxylic acids is 3. The summed E-state index contributed by atoms with van der Waals surface area (Å²) in [7, 11) is 0. The molecule has 1 N–H and O–H groups in total. The summed E-state index contributed by atoms with van der Waals surface area (Å²) in [6, 6.07) is 5.73. The first-order chi connectivity index (χ1) is 11.9. The number of likely N-dealkylation sites (tertiary alicyclic amines) is 1. The standard InChI is InChI=1S/C17H20FN3O4/c1-12(22)19-8-15(23)20-7-6-17(10-20)11-21(16(24)9-25-17)14-4-2-13(18)3-5-14/h2-5H,6-11H2,1H3,(H,19,22). The Morgan fingerprint density at radius 1 is 1.28 bits per heavy atom. The number of anilines is 1. The number of morpholine rings is 1. The van der Waals surface area contributed by atoms with Crippen molar-refractivity contribution in [2.24, 2.45) is 0 Å². The Balaban J connectivity index is 1.68. The smallest absolute Gasteiger partial charge is 0.253 e. The predicted molar refractivity (Wildman–Crippen MR) is 87.3 cm³/mol. The number of ether oxygens (including phenoxy) is 1. The average molecular weight is 349 g/mol. The highest BCUT2D eigenvalue weighted by molar-refractivity contribution is 5.95. The Hall–Kier alpha value is -2.48. The van der Waals surface area contributed by atoms with Gasteiger partial charge in [0.15, 0.2) is 0 Å². The highest BCUT2D eigenvalue weighted by Gasteiger charge is 2.46. The van der Waals surface area contributed by atoms with Crippen LogP contribution in [0.25, 0.3) is 0 Å². The van der Waals surface area contributed by atoms with E-state index >= 15 is 0 Å². The topological polar surface area (TPSA) is 79.0 Å². The zero-order chi connectivity index (χ0) is 18.0. The second-order valence-electron chi connectivity index (χ2n) is 6.40. The molecule has 2 aliphatic heterocycles. The maximum absolute atomic E-state index is 13.1. The molecule has 25 heavy (non-hydrogen) atoms. The molecule has 2 heterocycles. The van der Waals surface area contributed by atoms with E-state index < -0.39 is 5.60 Å². The Labute approximate surface area is 144 Å². The van der Waals surface area contributed by atoms with Crippen molar-refractivity contribution in [2.45, 2.75) is 18.9 Å². The zero-order valence-corrected chi connectivity index (χ0v) is 14.0. The number of hydrogen-bond donors (Lipinski definition) is 1. The third-order valence-corrected chi connectivity index (χ3v) is 4.55. The Morgan fingerprint density at radius 3 is 2.68 bits per heavy atom. The first-order valence-electron chi connectivity index (χ1n) is 8.11. The van der Waals surface area contributed by atoms with Crippen molar-refractivity contribution in [3.05, 3.63) is 30.1 Å². The summed E-state index contributed by atoms with van der Waals surface area (Å²) in [5.41, 5.74) is -0.0224. The Morgan fingerprint density at radius 2 is 2.00 bits per heavy atom. The maximum Gasteiger partial charge on any atom is 0.253 e. The first kappa shape index (κ1) is 17.3. The molecule has 3 amide bonds. The van der Waals surface area contributed by atoms with Crippen LogP contribution in [0.1, 0.15) is 13.3 Å². The van der Waals surface area contributed by atoms with E-state index in [1.165, 1.54) is 19.1 Å². The van der Waals surface area contributed by atoms with Gasteiger partial charge in [0.2, 0.25) is 11.8 Å². The molecule has 7 nitrogen and oxygen atoms in total. The average Bonchev–Trinajstić information content (AvgIpc) is 3.00. The molecule has 2 fully saturated rings. The van der Waals surface area contributed by atoms with Crippen molar-refractivity contribution in [1.82, 2.24) is 10.2 Å². The van der Waals surface area contributed by atoms with Crippen molar-refractivity contribution in [3.8, 4) is 0 Å². The van der Waals surface area contributed by atoms with E-state index in [-0.39, 0.29) is 36.7 Å². The number of benzene rings is 1. The summed E-state index contributed by atoms with van der Waals surface area (Å²) >= 11 is 0. The second-order valence-corrected chi connectivity index (χ2v) is 6.40. The molecule has 2 aliphatic rings. The van der Waals surface area contributed by atoms with Crippen molar-refractivity contribution in [3.63, 3.8) is 0 Å². The molecule has 8 heteroatoms. The SMILES string of the molecule is CC(=O)NCC(=O)N1CCC2(C1)CN(c1ccc(F)cc1)C(=O)CO2. The van der Waals surface area contributed by atoms with E-state index in [1.807, 2.05) is 0 Å². The van der Waals surface area contributed by atoms with E-state index in [0.29, 0.717) is 31.7 Å². The van der Waals surface area contributed by atoms with Gasteiger partial charge in [0, 0.05) is 19.2 Å². The minimum atomic E-state index is -0.631. The molecule has 1 atom stereocenters. The molecular formula is C17H20FN3O4. The van der Waals surface area contributed by atoms with Crippen LogP contribution < -0.4 is 10.2 Å². The summed E-state index contributed by atoms with van der Waals surface area (Å²) in [6.45, 7) is 2.40.